The molecule has 5 nitrogen and oxygen atoms in total. The van der Waals surface area contributed by atoms with E-state index in [0.29, 0.717) is 35.9 Å². The molecule has 0 amide bonds. The largest absolute Gasteiger partial charge is 0.493 e. The van der Waals surface area contributed by atoms with Crippen molar-refractivity contribution in [3.63, 3.8) is 0 Å². The fraction of sp³-hybridized carbons (Fsp3) is 0.348. The smallest absolute Gasteiger partial charge is 0.266 e. The van der Waals surface area contributed by atoms with E-state index in [-0.39, 0.29) is 11.7 Å². The molecule has 2 heterocycles. The Kier molecular flexibility index (Phi) is 5.91. The van der Waals surface area contributed by atoms with Crippen LogP contribution in [0.2, 0.25) is 0 Å². The highest BCUT2D eigenvalue weighted by molar-refractivity contribution is 5.94. The van der Waals surface area contributed by atoms with Gasteiger partial charge in [0.2, 0.25) is 0 Å². The predicted molar refractivity (Wildman–Crippen MR) is 112 cm³/mol. The average Bonchev–Trinajstić information content (AvgIpc) is 2.70. The maximum Gasteiger partial charge on any atom is 0.266 e. The maximum atomic E-state index is 14.6. The molecule has 0 bridgehead atoms. The lowest BCUT2D eigenvalue weighted by molar-refractivity contribution is -0.0802. The minimum absolute atomic E-state index is 0.0497. The van der Waals surface area contributed by atoms with Crippen LogP contribution in [-0.4, -0.2) is 31.4 Å². The van der Waals surface area contributed by atoms with Crippen molar-refractivity contribution in [1.82, 2.24) is 4.98 Å². The SMILES string of the molecule is COc1cc2nc(C)cc(NC(C)c3cccc(C(F)F)c3F)c2cc1OC1COC1. The van der Waals surface area contributed by atoms with Crippen LogP contribution < -0.4 is 14.8 Å². The van der Waals surface area contributed by atoms with Crippen LogP contribution in [0.5, 0.6) is 11.5 Å². The molecule has 164 valence electrons. The van der Waals surface area contributed by atoms with Gasteiger partial charge < -0.3 is 19.5 Å². The Hall–Kier alpha value is -3.00. The van der Waals surface area contributed by atoms with Crippen molar-refractivity contribution < 1.29 is 27.4 Å². The molecule has 0 radical (unpaired) electrons. The molecule has 0 aliphatic carbocycles. The number of halogens is 3. The Morgan fingerprint density at radius 2 is 1.87 bits per heavy atom. The molecular weight excluding hydrogens is 409 g/mol. The number of fused-ring (bicyclic) bond motifs is 1. The fourth-order valence-corrected chi connectivity index (χ4v) is 3.58. The van der Waals surface area contributed by atoms with Gasteiger partial charge in [0.25, 0.3) is 6.43 Å². The Balaban J connectivity index is 1.73. The normalized spacial score (nSPS) is 15.1. The van der Waals surface area contributed by atoms with Crippen LogP contribution in [0.15, 0.2) is 36.4 Å². The van der Waals surface area contributed by atoms with E-state index in [2.05, 4.69) is 10.3 Å². The third-order valence-electron chi connectivity index (χ3n) is 5.26. The first-order valence-electron chi connectivity index (χ1n) is 9.94. The maximum absolute atomic E-state index is 14.6. The minimum Gasteiger partial charge on any atom is -0.493 e. The highest BCUT2D eigenvalue weighted by atomic mass is 19.3. The summed E-state index contributed by atoms with van der Waals surface area (Å²) in [7, 11) is 1.56. The monoisotopic (exact) mass is 432 g/mol. The van der Waals surface area contributed by atoms with Gasteiger partial charge in [-0.1, -0.05) is 18.2 Å². The van der Waals surface area contributed by atoms with Crippen molar-refractivity contribution in [2.24, 2.45) is 0 Å². The van der Waals surface area contributed by atoms with Crippen LogP contribution in [0, 0.1) is 12.7 Å². The predicted octanol–water partition coefficient (Wildman–Crippen LogP) is 5.58. The first-order chi connectivity index (χ1) is 14.9. The van der Waals surface area contributed by atoms with Gasteiger partial charge in [-0.05, 0) is 26.0 Å². The molecule has 4 rings (SSSR count). The number of alkyl halides is 2. The topological polar surface area (TPSA) is 52.6 Å². The van der Waals surface area contributed by atoms with Crippen LogP contribution in [0.1, 0.15) is 36.2 Å². The van der Waals surface area contributed by atoms with E-state index < -0.39 is 23.8 Å². The summed E-state index contributed by atoms with van der Waals surface area (Å²) in [5, 5.41) is 4.00. The van der Waals surface area contributed by atoms with Crippen LogP contribution >= 0.6 is 0 Å². The molecule has 2 aromatic carbocycles. The lowest BCUT2D eigenvalue weighted by atomic mass is 10.0. The number of benzene rings is 2. The summed E-state index contributed by atoms with van der Waals surface area (Å²) in [6, 6.07) is 8.91. The minimum atomic E-state index is -2.88. The van der Waals surface area contributed by atoms with E-state index in [1.165, 1.54) is 12.1 Å². The molecule has 1 saturated heterocycles. The van der Waals surface area contributed by atoms with E-state index in [4.69, 9.17) is 14.2 Å². The summed E-state index contributed by atoms with van der Waals surface area (Å²) < 4.78 is 57.5. The number of aromatic nitrogens is 1. The van der Waals surface area contributed by atoms with E-state index in [1.807, 2.05) is 19.1 Å². The fourth-order valence-electron chi connectivity index (χ4n) is 3.58. The van der Waals surface area contributed by atoms with Gasteiger partial charge in [-0.3, -0.25) is 4.98 Å². The molecule has 1 aliphatic heterocycles. The Bertz CT molecular complexity index is 1100. The van der Waals surface area contributed by atoms with Gasteiger partial charge in [-0.25, -0.2) is 13.2 Å². The second-order valence-corrected chi connectivity index (χ2v) is 7.53. The van der Waals surface area contributed by atoms with E-state index in [0.717, 1.165) is 17.1 Å². The first-order valence-corrected chi connectivity index (χ1v) is 9.94. The zero-order valence-corrected chi connectivity index (χ0v) is 17.4. The highest BCUT2D eigenvalue weighted by Crippen LogP contribution is 2.38. The number of rotatable bonds is 7. The second kappa shape index (κ2) is 8.63. The molecule has 0 spiro atoms. The van der Waals surface area contributed by atoms with Crippen LogP contribution in [0.3, 0.4) is 0 Å². The number of hydrogen-bond donors (Lipinski definition) is 1. The van der Waals surface area contributed by atoms with Gasteiger partial charge in [0.05, 0.1) is 37.4 Å². The number of methoxy groups -OCH3 is 1. The number of nitrogens with one attached hydrogen (secondary N) is 1. The summed E-state index contributed by atoms with van der Waals surface area (Å²) in [6.45, 7) is 4.59. The van der Waals surface area contributed by atoms with Gasteiger partial charge in [0, 0.05) is 28.4 Å². The van der Waals surface area contributed by atoms with Gasteiger partial charge in [-0.2, -0.15) is 0 Å². The van der Waals surface area contributed by atoms with Gasteiger partial charge >= 0.3 is 0 Å². The number of nitrogens with zero attached hydrogens (tertiary/aromatic N) is 1. The standard InChI is InChI=1S/C23H23F3N2O3/c1-12-7-18(28-13(2)15-5-4-6-16(22(15)24)23(25)26)17-8-21(31-14-10-30-11-14)20(29-3)9-19(17)27-12/h4-9,13-14,23H,10-11H2,1-3H3,(H,27,28). The highest BCUT2D eigenvalue weighted by Gasteiger charge is 2.23. The Morgan fingerprint density at radius 1 is 1.13 bits per heavy atom. The number of hydrogen-bond acceptors (Lipinski definition) is 5. The number of aryl methyl sites for hydroxylation is 1. The molecule has 1 aromatic heterocycles. The summed E-state index contributed by atoms with van der Waals surface area (Å²) >= 11 is 0. The van der Waals surface area contributed by atoms with Crippen molar-refractivity contribution in [1.29, 1.82) is 0 Å². The Morgan fingerprint density at radius 3 is 2.52 bits per heavy atom. The molecule has 8 heteroatoms. The zero-order valence-electron chi connectivity index (χ0n) is 17.4. The van der Waals surface area contributed by atoms with Crippen LogP contribution in [0.4, 0.5) is 18.9 Å². The van der Waals surface area contributed by atoms with Crippen LogP contribution in [-0.2, 0) is 4.74 Å². The summed E-state index contributed by atoms with van der Waals surface area (Å²) in [6.07, 6.45) is -2.93. The zero-order chi connectivity index (χ0) is 22.1. The first kappa shape index (κ1) is 21.2. The summed E-state index contributed by atoms with van der Waals surface area (Å²) in [5.74, 6) is 0.200. The van der Waals surface area contributed by atoms with E-state index in [1.54, 1.807) is 20.1 Å². The third-order valence-corrected chi connectivity index (χ3v) is 5.26. The van der Waals surface area contributed by atoms with Crippen molar-refractivity contribution >= 4 is 16.6 Å². The van der Waals surface area contributed by atoms with Gasteiger partial charge in [-0.15, -0.1) is 0 Å². The molecular formula is C23H23F3N2O3. The average molecular weight is 432 g/mol. The van der Waals surface area contributed by atoms with Crippen molar-refractivity contribution in [3.05, 3.63) is 59.0 Å². The van der Waals surface area contributed by atoms with Gasteiger partial charge in [0.1, 0.15) is 11.9 Å². The van der Waals surface area contributed by atoms with Crippen molar-refractivity contribution in [3.8, 4) is 11.5 Å². The lowest BCUT2D eigenvalue weighted by Gasteiger charge is -2.27. The number of ether oxygens (including phenoxy) is 3. The number of pyridine rings is 1. The molecule has 1 fully saturated rings. The van der Waals surface area contributed by atoms with E-state index >= 15 is 0 Å². The summed E-state index contributed by atoms with van der Waals surface area (Å²) in [4.78, 5) is 4.56. The van der Waals surface area contributed by atoms with Gasteiger partial charge in [0.15, 0.2) is 11.5 Å². The van der Waals surface area contributed by atoms with Crippen LogP contribution in [0.25, 0.3) is 10.9 Å². The molecule has 31 heavy (non-hydrogen) atoms. The molecule has 1 atom stereocenters. The van der Waals surface area contributed by atoms with Crippen molar-refractivity contribution in [2.45, 2.75) is 32.4 Å². The quantitative estimate of drug-likeness (QED) is 0.528. The lowest BCUT2D eigenvalue weighted by Crippen LogP contribution is -2.38. The number of anilines is 1. The molecule has 1 unspecified atom stereocenters. The van der Waals surface area contributed by atoms with E-state index in [9.17, 15) is 13.2 Å². The molecule has 1 N–H and O–H groups in total. The second-order valence-electron chi connectivity index (χ2n) is 7.53. The van der Waals surface area contributed by atoms with Crippen molar-refractivity contribution in [2.75, 3.05) is 25.6 Å². The molecule has 0 saturated carbocycles. The third kappa shape index (κ3) is 4.25. The Labute approximate surface area is 178 Å². The molecule has 3 aromatic rings. The molecule has 1 aliphatic rings. The summed E-state index contributed by atoms with van der Waals surface area (Å²) in [5.41, 5.74) is 1.66.